The molecule has 106 valence electrons. The second kappa shape index (κ2) is 4.60. The summed E-state index contributed by atoms with van der Waals surface area (Å²) < 4.78 is 5.52. The van der Waals surface area contributed by atoms with Crippen LogP contribution in [0, 0.1) is 5.41 Å². The summed E-state index contributed by atoms with van der Waals surface area (Å²) in [4.78, 5) is 0. The Morgan fingerprint density at radius 1 is 1.05 bits per heavy atom. The maximum atomic E-state index is 5.98. The summed E-state index contributed by atoms with van der Waals surface area (Å²) in [5.74, 6) is 0. The number of benzene rings is 1. The minimum absolute atomic E-state index is 0.0640. The number of hydrogen-bond donors (Lipinski definition) is 1. The average molecular weight is 261 g/mol. The number of hydrogen-bond acceptors (Lipinski definition) is 2. The van der Waals surface area contributed by atoms with Gasteiger partial charge in [0.15, 0.2) is 0 Å². The Balaban J connectivity index is 2.36. The molecule has 0 saturated carbocycles. The molecule has 19 heavy (non-hydrogen) atoms. The topological polar surface area (TPSA) is 35.2 Å². The molecule has 0 aliphatic carbocycles. The van der Waals surface area contributed by atoms with Crippen molar-refractivity contribution in [2.45, 2.75) is 45.4 Å². The smallest absolute Gasteiger partial charge is 0.0591 e. The van der Waals surface area contributed by atoms with Gasteiger partial charge < -0.3 is 10.5 Å². The van der Waals surface area contributed by atoms with E-state index in [0.717, 1.165) is 13.2 Å². The van der Waals surface area contributed by atoms with Gasteiger partial charge >= 0.3 is 0 Å². The Morgan fingerprint density at radius 3 is 1.89 bits per heavy atom. The van der Waals surface area contributed by atoms with Crippen LogP contribution in [0.3, 0.4) is 0 Å². The Morgan fingerprint density at radius 2 is 1.58 bits per heavy atom. The molecule has 0 amide bonds. The first kappa shape index (κ1) is 14.5. The third kappa shape index (κ3) is 2.32. The van der Waals surface area contributed by atoms with E-state index in [-0.39, 0.29) is 16.2 Å². The van der Waals surface area contributed by atoms with Crippen molar-refractivity contribution >= 4 is 0 Å². The van der Waals surface area contributed by atoms with E-state index >= 15 is 0 Å². The lowest BCUT2D eigenvalue weighted by Gasteiger charge is -2.52. The van der Waals surface area contributed by atoms with Gasteiger partial charge in [-0.05, 0) is 28.5 Å². The molecule has 1 fully saturated rings. The second-order valence-electron chi connectivity index (χ2n) is 7.49. The summed E-state index contributed by atoms with van der Waals surface area (Å²) in [6, 6.07) is 9.03. The molecule has 1 heterocycles. The normalized spacial score (nSPS) is 19.1. The van der Waals surface area contributed by atoms with Crippen molar-refractivity contribution in [3.05, 3.63) is 35.4 Å². The van der Waals surface area contributed by atoms with Gasteiger partial charge in [-0.15, -0.1) is 0 Å². The second-order valence-corrected chi connectivity index (χ2v) is 7.49. The molecule has 2 N–H and O–H groups in total. The minimum Gasteiger partial charge on any atom is -0.379 e. The lowest BCUT2D eigenvalue weighted by atomic mass is 9.60. The highest BCUT2D eigenvalue weighted by atomic mass is 16.5. The summed E-state index contributed by atoms with van der Waals surface area (Å²) in [5.41, 5.74) is 9.06. The van der Waals surface area contributed by atoms with Gasteiger partial charge in [0.05, 0.1) is 13.2 Å². The molecule has 0 aromatic heterocycles. The Labute approximate surface area is 117 Å². The molecule has 1 aromatic rings. The van der Waals surface area contributed by atoms with Crippen molar-refractivity contribution < 1.29 is 4.74 Å². The Kier molecular flexibility index (Phi) is 3.53. The first-order valence-corrected chi connectivity index (χ1v) is 7.12. The Bertz CT molecular complexity index is 435. The zero-order valence-corrected chi connectivity index (χ0v) is 12.9. The first-order chi connectivity index (χ1) is 8.73. The number of ether oxygens (including phenoxy) is 1. The molecule has 0 spiro atoms. The average Bonchev–Trinajstić information content (AvgIpc) is 2.26. The van der Waals surface area contributed by atoms with Crippen molar-refractivity contribution in [1.82, 2.24) is 0 Å². The van der Waals surface area contributed by atoms with E-state index in [0.29, 0.717) is 6.54 Å². The molecule has 0 atom stereocenters. The summed E-state index contributed by atoms with van der Waals surface area (Å²) in [6.07, 6.45) is 0. The monoisotopic (exact) mass is 261 g/mol. The van der Waals surface area contributed by atoms with Crippen molar-refractivity contribution in [1.29, 1.82) is 0 Å². The highest BCUT2D eigenvalue weighted by Gasteiger charge is 2.51. The van der Waals surface area contributed by atoms with Gasteiger partial charge in [-0.2, -0.15) is 0 Å². The van der Waals surface area contributed by atoms with E-state index < -0.39 is 0 Å². The van der Waals surface area contributed by atoms with Crippen LogP contribution in [-0.4, -0.2) is 19.8 Å². The number of nitrogens with two attached hydrogens (primary N) is 1. The highest BCUT2D eigenvalue weighted by Crippen LogP contribution is 2.47. The molecule has 0 radical (unpaired) electrons. The van der Waals surface area contributed by atoms with Crippen molar-refractivity contribution in [3.63, 3.8) is 0 Å². The summed E-state index contributed by atoms with van der Waals surface area (Å²) in [7, 11) is 0. The molecular formula is C17H27NO. The van der Waals surface area contributed by atoms with E-state index in [1.165, 1.54) is 11.1 Å². The fraction of sp³-hybridized carbons (Fsp3) is 0.647. The zero-order valence-electron chi connectivity index (χ0n) is 12.9. The van der Waals surface area contributed by atoms with Crippen LogP contribution >= 0.6 is 0 Å². The van der Waals surface area contributed by atoms with E-state index in [4.69, 9.17) is 10.5 Å². The molecule has 0 bridgehead atoms. The van der Waals surface area contributed by atoms with E-state index in [2.05, 4.69) is 58.9 Å². The van der Waals surface area contributed by atoms with Crippen LogP contribution < -0.4 is 5.73 Å². The SMILES string of the molecule is CC(C)(C)c1ccc(C2(C(C)(C)CN)COC2)cc1. The van der Waals surface area contributed by atoms with Gasteiger partial charge in [-0.25, -0.2) is 0 Å². The van der Waals surface area contributed by atoms with Crippen molar-refractivity contribution in [2.75, 3.05) is 19.8 Å². The maximum absolute atomic E-state index is 5.98. The lowest BCUT2D eigenvalue weighted by molar-refractivity contribution is -0.116. The lowest BCUT2D eigenvalue weighted by Crippen LogP contribution is -2.59. The zero-order chi connectivity index (χ0) is 14.3. The van der Waals surface area contributed by atoms with Crippen LogP contribution in [0.4, 0.5) is 0 Å². The van der Waals surface area contributed by atoms with Gasteiger partial charge in [0.25, 0.3) is 0 Å². The summed E-state index contributed by atoms with van der Waals surface area (Å²) in [5, 5.41) is 0. The van der Waals surface area contributed by atoms with Gasteiger partial charge in [0.2, 0.25) is 0 Å². The van der Waals surface area contributed by atoms with E-state index in [1.54, 1.807) is 0 Å². The molecule has 1 aliphatic rings. The molecule has 2 heteroatoms. The van der Waals surface area contributed by atoms with Crippen LogP contribution in [0.15, 0.2) is 24.3 Å². The van der Waals surface area contributed by atoms with Gasteiger partial charge in [0, 0.05) is 5.41 Å². The standard InChI is InChI=1S/C17H27NO/c1-15(2,3)13-6-8-14(9-7-13)17(11-19-12-17)16(4,5)10-18/h6-9H,10-12,18H2,1-5H3. The number of rotatable bonds is 3. The predicted octanol–water partition coefficient (Wildman–Crippen LogP) is 3.24. The summed E-state index contributed by atoms with van der Waals surface area (Å²) in [6.45, 7) is 13.5. The Hall–Kier alpha value is -0.860. The molecule has 2 nitrogen and oxygen atoms in total. The molecular weight excluding hydrogens is 234 g/mol. The van der Waals surface area contributed by atoms with Gasteiger partial charge in [0.1, 0.15) is 0 Å². The predicted molar refractivity (Wildman–Crippen MR) is 80.5 cm³/mol. The largest absolute Gasteiger partial charge is 0.379 e. The third-order valence-electron chi connectivity index (χ3n) is 4.81. The van der Waals surface area contributed by atoms with Crippen LogP contribution in [0.1, 0.15) is 45.7 Å². The fourth-order valence-corrected chi connectivity index (χ4v) is 2.74. The van der Waals surface area contributed by atoms with Crippen LogP contribution in [0.25, 0.3) is 0 Å². The molecule has 1 aliphatic heterocycles. The van der Waals surface area contributed by atoms with E-state index in [9.17, 15) is 0 Å². The quantitative estimate of drug-likeness (QED) is 0.906. The molecule has 1 saturated heterocycles. The van der Waals surface area contributed by atoms with E-state index in [1.807, 2.05) is 0 Å². The van der Waals surface area contributed by atoms with Crippen molar-refractivity contribution in [2.24, 2.45) is 11.1 Å². The van der Waals surface area contributed by atoms with Crippen LogP contribution in [0.2, 0.25) is 0 Å². The molecule has 0 unspecified atom stereocenters. The maximum Gasteiger partial charge on any atom is 0.0591 e. The third-order valence-corrected chi connectivity index (χ3v) is 4.81. The summed E-state index contributed by atoms with van der Waals surface area (Å²) >= 11 is 0. The highest BCUT2D eigenvalue weighted by molar-refractivity contribution is 5.36. The first-order valence-electron chi connectivity index (χ1n) is 7.12. The van der Waals surface area contributed by atoms with Crippen LogP contribution in [0.5, 0.6) is 0 Å². The molecule has 1 aromatic carbocycles. The fourth-order valence-electron chi connectivity index (χ4n) is 2.74. The van der Waals surface area contributed by atoms with Crippen molar-refractivity contribution in [3.8, 4) is 0 Å². The van der Waals surface area contributed by atoms with Gasteiger partial charge in [-0.3, -0.25) is 0 Å². The van der Waals surface area contributed by atoms with Crippen LogP contribution in [-0.2, 0) is 15.6 Å². The minimum atomic E-state index is 0.0640. The van der Waals surface area contributed by atoms with Gasteiger partial charge in [-0.1, -0.05) is 58.9 Å². The molecule has 2 rings (SSSR count).